The normalized spacial score (nSPS) is 19.4. The van der Waals surface area contributed by atoms with Crippen molar-refractivity contribution < 1.29 is 9.63 Å². The first-order valence-corrected chi connectivity index (χ1v) is 10.8. The zero-order valence-electron chi connectivity index (χ0n) is 18.3. The molecule has 5 heterocycles. The summed E-state index contributed by atoms with van der Waals surface area (Å²) in [7, 11) is 0. The van der Waals surface area contributed by atoms with Gasteiger partial charge in [-0.2, -0.15) is 0 Å². The van der Waals surface area contributed by atoms with Gasteiger partial charge in [0.2, 0.25) is 5.58 Å². The molecule has 1 fully saturated rings. The van der Waals surface area contributed by atoms with Crippen molar-refractivity contribution in [1.82, 2.24) is 25.4 Å². The highest BCUT2D eigenvalue weighted by Crippen LogP contribution is 2.35. The minimum absolute atomic E-state index is 0.0805. The molecule has 4 aromatic heterocycles. The maximum Gasteiger partial charge on any atom is 0.209 e. The van der Waals surface area contributed by atoms with Crippen LogP contribution in [0.2, 0.25) is 0 Å². The third-order valence-electron chi connectivity index (χ3n) is 6.70. The number of aromatic amines is 1. The lowest BCUT2D eigenvalue weighted by atomic mass is 9.84. The lowest BCUT2D eigenvalue weighted by molar-refractivity contribution is -0.0231. The summed E-state index contributed by atoms with van der Waals surface area (Å²) in [6, 6.07) is 5.92. The lowest BCUT2D eigenvalue weighted by Crippen LogP contribution is -2.62. The van der Waals surface area contributed by atoms with Gasteiger partial charge in [-0.1, -0.05) is 19.0 Å². The summed E-state index contributed by atoms with van der Waals surface area (Å²) in [5.41, 5.74) is 3.35. The van der Waals surface area contributed by atoms with E-state index in [4.69, 9.17) is 9.51 Å². The molecule has 3 N–H and O–H groups in total. The quantitative estimate of drug-likeness (QED) is 0.466. The fraction of sp³-hybridized carbons (Fsp3) is 0.435. The molecule has 0 unspecified atom stereocenters. The molecule has 0 aliphatic carbocycles. The second kappa shape index (κ2) is 7.32. The van der Waals surface area contributed by atoms with E-state index >= 15 is 0 Å². The fourth-order valence-electron chi connectivity index (χ4n) is 4.30. The van der Waals surface area contributed by atoms with E-state index in [9.17, 15) is 5.11 Å². The Morgan fingerprint density at radius 2 is 2.16 bits per heavy atom. The van der Waals surface area contributed by atoms with Crippen LogP contribution in [-0.4, -0.2) is 56.5 Å². The molecule has 8 nitrogen and oxygen atoms in total. The Hall–Kier alpha value is -2.97. The van der Waals surface area contributed by atoms with Crippen LogP contribution in [0.3, 0.4) is 0 Å². The molecule has 1 saturated heterocycles. The Bertz CT molecular complexity index is 1240. The molecule has 162 valence electrons. The summed E-state index contributed by atoms with van der Waals surface area (Å²) >= 11 is 0. The number of nitrogens with zero attached hydrogens (tertiary/aromatic N) is 4. The molecule has 31 heavy (non-hydrogen) atoms. The molecule has 4 aromatic rings. The van der Waals surface area contributed by atoms with Gasteiger partial charge >= 0.3 is 0 Å². The van der Waals surface area contributed by atoms with Crippen LogP contribution in [0.4, 0.5) is 5.82 Å². The van der Waals surface area contributed by atoms with Crippen LogP contribution in [0.1, 0.15) is 26.5 Å². The monoisotopic (exact) mass is 420 g/mol. The minimum Gasteiger partial charge on any atom is -0.388 e. The summed E-state index contributed by atoms with van der Waals surface area (Å²) in [5.74, 6) is 0.882. The predicted octanol–water partition coefficient (Wildman–Crippen LogP) is 3.26. The first kappa shape index (κ1) is 20.0. The number of aliphatic hydroxyl groups is 1. The smallest absolute Gasteiger partial charge is 0.209 e. The maximum absolute atomic E-state index is 11.1. The Morgan fingerprint density at radius 3 is 2.97 bits per heavy atom. The Kier molecular flexibility index (Phi) is 4.71. The number of nitrogens with one attached hydrogen (secondary N) is 2. The number of piperazine rings is 1. The largest absolute Gasteiger partial charge is 0.388 e. The third-order valence-corrected chi connectivity index (χ3v) is 6.70. The summed E-state index contributed by atoms with van der Waals surface area (Å²) in [6.07, 6.45) is 3.72. The third kappa shape index (κ3) is 3.26. The molecule has 1 aliphatic rings. The molecular formula is C23H28N6O2. The van der Waals surface area contributed by atoms with Crippen molar-refractivity contribution >= 4 is 27.8 Å². The molecule has 8 heteroatoms. The topological polar surface area (TPSA) is 103 Å². The zero-order valence-corrected chi connectivity index (χ0v) is 18.3. The van der Waals surface area contributed by atoms with Crippen LogP contribution in [-0.2, 0) is 0 Å². The molecule has 0 saturated carbocycles. The molecule has 0 aromatic carbocycles. The van der Waals surface area contributed by atoms with Gasteiger partial charge in [-0.15, -0.1) is 0 Å². The Balaban J connectivity index is 1.62. The number of hydrogen-bond acceptors (Lipinski definition) is 7. The highest BCUT2D eigenvalue weighted by molar-refractivity contribution is 5.97. The molecule has 1 aliphatic heterocycles. The van der Waals surface area contributed by atoms with Crippen molar-refractivity contribution in [3.8, 4) is 11.3 Å². The molecular weight excluding hydrogens is 392 g/mol. The summed E-state index contributed by atoms with van der Waals surface area (Å²) in [4.78, 5) is 14.9. The number of fused-ring (bicyclic) bond motifs is 2. The van der Waals surface area contributed by atoms with E-state index in [0.29, 0.717) is 12.1 Å². The van der Waals surface area contributed by atoms with Gasteiger partial charge in [0.1, 0.15) is 5.65 Å². The van der Waals surface area contributed by atoms with Gasteiger partial charge < -0.3 is 24.8 Å². The van der Waals surface area contributed by atoms with E-state index in [2.05, 4.69) is 25.3 Å². The standard InChI is InChI=1S/C23H28N6O2/c1-13(2)23(4,30)19-12-29(9-8-24-19)22-20-16(14(3)28-31-20)10-18(27-22)17-11-26-21-15(17)6-5-7-25-21/h5-7,10-11,13,19,24,30H,8-9,12H2,1-4H3,(H,25,26)/t19-,23+/m0/s1. The zero-order chi connectivity index (χ0) is 21.8. The minimum atomic E-state index is -0.838. The number of rotatable bonds is 4. The van der Waals surface area contributed by atoms with Crippen molar-refractivity contribution in [2.45, 2.75) is 39.3 Å². The van der Waals surface area contributed by atoms with E-state index in [1.54, 1.807) is 6.20 Å². The summed E-state index contributed by atoms with van der Waals surface area (Å²) in [6.45, 7) is 10.1. The van der Waals surface area contributed by atoms with Gasteiger partial charge in [0, 0.05) is 43.0 Å². The predicted molar refractivity (Wildman–Crippen MR) is 121 cm³/mol. The van der Waals surface area contributed by atoms with E-state index < -0.39 is 5.60 Å². The fourth-order valence-corrected chi connectivity index (χ4v) is 4.30. The second-order valence-corrected chi connectivity index (χ2v) is 8.91. The van der Waals surface area contributed by atoms with Crippen molar-refractivity contribution in [3.63, 3.8) is 0 Å². The number of aryl methyl sites for hydroxylation is 1. The summed E-state index contributed by atoms with van der Waals surface area (Å²) in [5, 5.41) is 20.7. The van der Waals surface area contributed by atoms with E-state index in [1.165, 1.54) is 0 Å². The average Bonchev–Trinajstić information content (AvgIpc) is 3.37. The van der Waals surface area contributed by atoms with Crippen LogP contribution >= 0.6 is 0 Å². The van der Waals surface area contributed by atoms with Crippen LogP contribution in [0, 0.1) is 12.8 Å². The highest BCUT2D eigenvalue weighted by atomic mass is 16.5. The molecule has 0 amide bonds. The maximum atomic E-state index is 11.1. The number of anilines is 1. The van der Waals surface area contributed by atoms with Crippen LogP contribution < -0.4 is 10.2 Å². The van der Waals surface area contributed by atoms with Crippen LogP contribution in [0.15, 0.2) is 35.1 Å². The lowest BCUT2D eigenvalue weighted by Gasteiger charge is -2.43. The number of aromatic nitrogens is 4. The molecule has 5 rings (SSSR count). The van der Waals surface area contributed by atoms with Crippen LogP contribution in [0.25, 0.3) is 33.3 Å². The first-order valence-electron chi connectivity index (χ1n) is 10.8. The number of hydrogen-bond donors (Lipinski definition) is 3. The van der Waals surface area contributed by atoms with Crippen LogP contribution in [0.5, 0.6) is 0 Å². The van der Waals surface area contributed by atoms with E-state index in [0.717, 1.165) is 52.3 Å². The molecule has 2 atom stereocenters. The SMILES string of the molecule is Cc1noc2c(N3CCN[C@H]([C@](C)(O)C(C)C)C3)nc(-c3c[nH]c4ncccc34)cc12. The number of H-pyrrole nitrogens is 1. The van der Waals surface area contributed by atoms with Gasteiger partial charge in [0.25, 0.3) is 0 Å². The summed E-state index contributed by atoms with van der Waals surface area (Å²) < 4.78 is 5.70. The van der Waals surface area contributed by atoms with Gasteiger partial charge in [-0.05, 0) is 38.0 Å². The molecule has 0 spiro atoms. The Labute approximate surface area is 180 Å². The Morgan fingerprint density at radius 1 is 1.32 bits per heavy atom. The van der Waals surface area contributed by atoms with E-state index in [1.807, 2.05) is 52.1 Å². The van der Waals surface area contributed by atoms with Crippen molar-refractivity contribution in [3.05, 3.63) is 36.3 Å². The van der Waals surface area contributed by atoms with Gasteiger partial charge in [0.05, 0.1) is 28.4 Å². The first-order chi connectivity index (χ1) is 14.9. The second-order valence-electron chi connectivity index (χ2n) is 8.91. The number of pyridine rings is 2. The van der Waals surface area contributed by atoms with Crippen molar-refractivity contribution in [2.24, 2.45) is 5.92 Å². The van der Waals surface area contributed by atoms with Crippen molar-refractivity contribution in [1.29, 1.82) is 0 Å². The van der Waals surface area contributed by atoms with E-state index in [-0.39, 0.29) is 12.0 Å². The van der Waals surface area contributed by atoms with Gasteiger partial charge in [-0.3, -0.25) is 0 Å². The molecule has 0 bridgehead atoms. The highest BCUT2D eigenvalue weighted by Gasteiger charge is 2.38. The molecule has 0 radical (unpaired) electrons. The van der Waals surface area contributed by atoms with Crippen molar-refractivity contribution in [2.75, 3.05) is 24.5 Å². The van der Waals surface area contributed by atoms with Gasteiger partial charge in [-0.25, -0.2) is 9.97 Å². The average molecular weight is 421 g/mol. The van der Waals surface area contributed by atoms with Gasteiger partial charge in [0.15, 0.2) is 5.82 Å².